The number of rotatable bonds is 3. The highest BCUT2D eigenvalue weighted by Crippen LogP contribution is 2.25. The van der Waals surface area contributed by atoms with E-state index in [-0.39, 0.29) is 5.75 Å². The maximum absolute atomic E-state index is 11.4. The van der Waals surface area contributed by atoms with Crippen LogP contribution in [-0.4, -0.2) is 20.7 Å². The highest BCUT2D eigenvalue weighted by Gasteiger charge is 2.09. The van der Waals surface area contributed by atoms with Crippen LogP contribution < -0.4 is 10.0 Å². The van der Waals surface area contributed by atoms with E-state index in [1.54, 1.807) is 13.0 Å². The lowest BCUT2D eigenvalue weighted by atomic mass is 10.1. The Balaban J connectivity index is 2.28. The maximum Gasteiger partial charge on any atom is 0.232 e. The average molecular weight is 238 g/mol. The lowest BCUT2D eigenvalue weighted by molar-refractivity contribution is 0.602. The minimum Gasteiger partial charge on any atom is -0.381 e. The molecule has 0 saturated heterocycles. The zero-order chi connectivity index (χ0) is 11.6. The first-order chi connectivity index (χ1) is 7.61. The second kappa shape index (κ2) is 4.17. The van der Waals surface area contributed by atoms with Gasteiger partial charge in [-0.25, -0.2) is 8.42 Å². The standard InChI is InChI=1S/C11H14N2O2S/c1-2-16(14,15)13-10-6-5-9-4-3-7-12-11(9)8-10/h3-6,8,12-13H,2,7H2,1H3. The molecular formula is C11H14N2O2S. The SMILES string of the molecule is CCS(=O)(=O)Nc1ccc2c(c1)NCC=C2. The Morgan fingerprint density at radius 3 is 3.00 bits per heavy atom. The van der Waals surface area contributed by atoms with Crippen LogP contribution in [0.2, 0.25) is 0 Å². The van der Waals surface area contributed by atoms with Gasteiger partial charge >= 0.3 is 0 Å². The van der Waals surface area contributed by atoms with Gasteiger partial charge in [0.25, 0.3) is 0 Å². The molecule has 1 aliphatic rings. The Labute approximate surface area is 95.4 Å². The molecule has 1 aliphatic heterocycles. The minimum absolute atomic E-state index is 0.0808. The van der Waals surface area contributed by atoms with Crippen molar-refractivity contribution in [2.45, 2.75) is 6.92 Å². The van der Waals surface area contributed by atoms with Crippen LogP contribution in [0.3, 0.4) is 0 Å². The van der Waals surface area contributed by atoms with Crippen molar-refractivity contribution in [3.05, 3.63) is 29.8 Å². The van der Waals surface area contributed by atoms with E-state index < -0.39 is 10.0 Å². The topological polar surface area (TPSA) is 58.2 Å². The first-order valence-electron chi connectivity index (χ1n) is 5.16. The highest BCUT2D eigenvalue weighted by atomic mass is 32.2. The molecule has 2 N–H and O–H groups in total. The number of hydrogen-bond acceptors (Lipinski definition) is 3. The van der Waals surface area contributed by atoms with E-state index in [0.29, 0.717) is 5.69 Å². The van der Waals surface area contributed by atoms with E-state index in [0.717, 1.165) is 17.8 Å². The molecule has 0 spiro atoms. The van der Waals surface area contributed by atoms with E-state index in [4.69, 9.17) is 0 Å². The fourth-order valence-corrected chi connectivity index (χ4v) is 2.16. The summed E-state index contributed by atoms with van der Waals surface area (Å²) in [4.78, 5) is 0. The zero-order valence-corrected chi connectivity index (χ0v) is 9.84. The Morgan fingerprint density at radius 2 is 2.25 bits per heavy atom. The molecule has 86 valence electrons. The molecule has 2 rings (SSSR count). The van der Waals surface area contributed by atoms with Crippen molar-refractivity contribution in [2.75, 3.05) is 22.3 Å². The summed E-state index contributed by atoms with van der Waals surface area (Å²) in [6.07, 6.45) is 4.04. The summed E-state index contributed by atoms with van der Waals surface area (Å²) in [5, 5.41) is 3.19. The van der Waals surface area contributed by atoms with Gasteiger partial charge in [-0.15, -0.1) is 0 Å². The third-order valence-corrected chi connectivity index (χ3v) is 3.72. The van der Waals surface area contributed by atoms with E-state index in [9.17, 15) is 8.42 Å². The van der Waals surface area contributed by atoms with Gasteiger partial charge in [-0.05, 0) is 24.6 Å². The van der Waals surface area contributed by atoms with Gasteiger partial charge in [0.15, 0.2) is 0 Å². The van der Waals surface area contributed by atoms with Gasteiger partial charge in [0.2, 0.25) is 10.0 Å². The van der Waals surface area contributed by atoms with Gasteiger partial charge in [0.05, 0.1) is 11.4 Å². The molecule has 1 aromatic carbocycles. The summed E-state index contributed by atoms with van der Waals surface area (Å²) in [6.45, 7) is 2.39. The number of fused-ring (bicyclic) bond motifs is 1. The van der Waals surface area contributed by atoms with Gasteiger partial charge < -0.3 is 5.32 Å². The van der Waals surface area contributed by atoms with Crippen LogP contribution in [0.1, 0.15) is 12.5 Å². The Kier molecular flexibility index (Phi) is 2.87. The Morgan fingerprint density at radius 1 is 1.44 bits per heavy atom. The number of benzene rings is 1. The highest BCUT2D eigenvalue weighted by molar-refractivity contribution is 7.92. The van der Waals surface area contributed by atoms with Crippen LogP contribution in [0.25, 0.3) is 6.08 Å². The molecule has 0 aliphatic carbocycles. The van der Waals surface area contributed by atoms with Crippen LogP contribution in [0.5, 0.6) is 0 Å². The summed E-state index contributed by atoms with van der Waals surface area (Å²) in [5.74, 6) is 0.0808. The van der Waals surface area contributed by atoms with Crippen LogP contribution in [0.4, 0.5) is 11.4 Å². The van der Waals surface area contributed by atoms with Crippen LogP contribution >= 0.6 is 0 Å². The third-order valence-electron chi connectivity index (χ3n) is 2.41. The molecule has 0 atom stereocenters. The lowest BCUT2D eigenvalue weighted by Crippen LogP contribution is -2.15. The number of sulfonamides is 1. The molecule has 0 radical (unpaired) electrons. The molecule has 16 heavy (non-hydrogen) atoms. The van der Waals surface area contributed by atoms with E-state index in [2.05, 4.69) is 10.0 Å². The van der Waals surface area contributed by atoms with Gasteiger partial charge in [-0.2, -0.15) is 0 Å². The number of nitrogens with one attached hydrogen (secondary N) is 2. The van der Waals surface area contributed by atoms with Crippen molar-refractivity contribution in [1.82, 2.24) is 0 Å². The third kappa shape index (κ3) is 2.36. The van der Waals surface area contributed by atoms with E-state index >= 15 is 0 Å². The van der Waals surface area contributed by atoms with Crippen molar-refractivity contribution < 1.29 is 8.42 Å². The zero-order valence-electron chi connectivity index (χ0n) is 9.03. The van der Waals surface area contributed by atoms with Crippen molar-refractivity contribution >= 4 is 27.5 Å². The van der Waals surface area contributed by atoms with Crippen LogP contribution in [0, 0.1) is 0 Å². The molecule has 0 amide bonds. The molecule has 4 nitrogen and oxygen atoms in total. The van der Waals surface area contributed by atoms with Crippen molar-refractivity contribution in [2.24, 2.45) is 0 Å². The monoisotopic (exact) mass is 238 g/mol. The van der Waals surface area contributed by atoms with Crippen LogP contribution in [0.15, 0.2) is 24.3 Å². The summed E-state index contributed by atoms with van der Waals surface area (Å²) in [6, 6.07) is 5.47. The molecule has 1 aromatic rings. The smallest absolute Gasteiger partial charge is 0.232 e. The first-order valence-corrected chi connectivity index (χ1v) is 6.81. The fourth-order valence-electron chi connectivity index (χ4n) is 1.52. The van der Waals surface area contributed by atoms with Crippen molar-refractivity contribution in [3.8, 4) is 0 Å². The molecule has 0 fully saturated rings. The normalized spacial score (nSPS) is 14.1. The van der Waals surface area contributed by atoms with Gasteiger partial charge in [-0.1, -0.05) is 18.2 Å². The molecular weight excluding hydrogens is 224 g/mol. The molecule has 5 heteroatoms. The largest absolute Gasteiger partial charge is 0.381 e. The van der Waals surface area contributed by atoms with Crippen molar-refractivity contribution in [1.29, 1.82) is 0 Å². The van der Waals surface area contributed by atoms with Crippen molar-refractivity contribution in [3.63, 3.8) is 0 Å². The molecule has 0 aromatic heterocycles. The Bertz CT molecular complexity index is 521. The quantitative estimate of drug-likeness (QED) is 0.845. The molecule has 1 heterocycles. The summed E-state index contributed by atoms with van der Waals surface area (Å²) in [7, 11) is -3.19. The van der Waals surface area contributed by atoms with Gasteiger partial charge in [0, 0.05) is 12.2 Å². The maximum atomic E-state index is 11.4. The lowest BCUT2D eigenvalue weighted by Gasteiger charge is -2.14. The minimum atomic E-state index is -3.19. The predicted octanol–water partition coefficient (Wildman–Crippen LogP) is 1.89. The predicted molar refractivity (Wildman–Crippen MR) is 67.0 cm³/mol. The molecule has 0 unspecified atom stereocenters. The van der Waals surface area contributed by atoms with Gasteiger partial charge in [0.1, 0.15) is 0 Å². The number of hydrogen-bond donors (Lipinski definition) is 2. The van der Waals surface area contributed by atoms with E-state index in [1.165, 1.54) is 0 Å². The molecule has 0 saturated carbocycles. The van der Waals surface area contributed by atoms with E-state index in [1.807, 2.05) is 24.3 Å². The number of anilines is 2. The fraction of sp³-hybridized carbons (Fsp3) is 0.273. The second-order valence-electron chi connectivity index (χ2n) is 3.59. The average Bonchev–Trinajstić information content (AvgIpc) is 2.28. The summed E-state index contributed by atoms with van der Waals surface area (Å²) in [5.41, 5.74) is 2.63. The Hall–Kier alpha value is -1.49. The van der Waals surface area contributed by atoms with Crippen LogP contribution in [-0.2, 0) is 10.0 Å². The second-order valence-corrected chi connectivity index (χ2v) is 5.60. The molecule has 0 bridgehead atoms. The van der Waals surface area contributed by atoms with Gasteiger partial charge in [-0.3, -0.25) is 4.72 Å². The summed E-state index contributed by atoms with van der Waals surface area (Å²) >= 11 is 0. The first kappa shape index (κ1) is 11.0. The summed E-state index contributed by atoms with van der Waals surface area (Å²) < 4.78 is 25.3.